The minimum absolute atomic E-state index is 0.0782. The van der Waals surface area contributed by atoms with E-state index in [2.05, 4.69) is 38.1 Å². The van der Waals surface area contributed by atoms with Crippen molar-refractivity contribution >= 4 is 68.5 Å². The Hall–Kier alpha value is -2.23. The fourth-order valence-electron chi connectivity index (χ4n) is 2.63. The lowest BCUT2D eigenvalue weighted by atomic mass is 10.2. The smallest absolute Gasteiger partial charge is 0.333 e. The second-order valence-electron chi connectivity index (χ2n) is 5.92. The van der Waals surface area contributed by atoms with E-state index in [4.69, 9.17) is 0 Å². The van der Waals surface area contributed by atoms with Crippen LogP contribution in [0.1, 0.15) is 5.56 Å². The number of nitrogens with one attached hydrogen (secondary N) is 2. The number of imidazole rings is 1. The van der Waals surface area contributed by atoms with Gasteiger partial charge in [0.05, 0.1) is 9.78 Å². The summed E-state index contributed by atoms with van der Waals surface area (Å²) >= 11 is 4.13. The molecule has 28 heavy (non-hydrogen) atoms. The number of halogens is 2. The number of rotatable bonds is 4. The quantitative estimate of drug-likeness (QED) is 0.166. The van der Waals surface area contributed by atoms with Crippen LogP contribution in [0.2, 0.25) is 0 Å². The van der Waals surface area contributed by atoms with Crippen LogP contribution in [0.4, 0.5) is 0 Å². The number of nitrogens with zero attached hydrogens (tertiary/aromatic N) is 4. The van der Waals surface area contributed by atoms with E-state index in [1.165, 1.54) is 35.8 Å². The molecule has 1 aromatic carbocycles. The number of carbonyl (C=O) groups excluding carboxylic acids is 1. The van der Waals surface area contributed by atoms with Crippen molar-refractivity contribution in [2.24, 2.45) is 19.2 Å². The number of hydrazone groups is 1. The Bertz CT molecular complexity index is 1240. The Morgan fingerprint density at radius 2 is 2.04 bits per heavy atom. The standard InChI is InChI=1S/C16H14I2N6O4/c1-22-14-12(15(27)23(2)16(22)28)24(7-19-14)6-11(25)21-20-5-8-3-9(17)4-10(18)13(8)26/h3-5,7H,6H2,1-2H3,(H2,20,21,25,26)/p+1. The number of benzene rings is 1. The predicted octanol–water partition coefficient (Wildman–Crippen LogP) is -0.0821. The maximum Gasteiger partial charge on any atom is 0.333 e. The largest absolute Gasteiger partial charge is 0.506 e. The highest BCUT2D eigenvalue weighted by Gasteiger charge is 2.21. The van der Waals surface area contributed by atoms with E-state index in [1.54, 1.807) is 6.07 Å². The molecule has 0 aliphatic carbocycles. The minimum Gasteiger partial charge on any atom is -0.506 e. The van der Waals surface area contributed by atoms with Gasteiger partial charge in [0.15, 0.2) is 6.54 Å². The van der Waals surface area contributed by atoms with Crippen LogP contribution in [-0.2, 0) is 25.4 Å². The minimum atomic E-state index is -0.506. The Kier molecular flexibility index (Phi) is 5.87. The van der Waals surface area contributed by atoms with Crippen LogP contribution >= 0.6 is 45.2 Å². The molecule has 0 spiro atoms. The molecule has 2 aromatic heterocycles. The summed E-state index contributed by atoms with van der Waals surface area (Å²) < 4.78 is 5.28. The fraction of sp³-hybridized carbons (Fsp3) is 0.188. The van der Waals surface area contributed by atoms with E-state index in [0.29, 0.717) is 14.8 Å². The van der Waals surface area contributed by atoms with Gasteiger partial charge in [-0.05, 0) is 57.3 Å². The number of fused-ring (bicyclic) bond motifs is 1. The summed E-state index contributed by atoms with van der Waals surface area (Å²) in [5, 5.41) is 13.9. The van der Waals surface area contributed by atoms with E-state index in [1.807, 2.05) is 28.7 Å². The first kappa shape index (κ1) is 20.5. The molecular weight excluding hydrogens is 594 g/mol. The second kappa shape index (κ2) is 8.02. The molecule has 3 aromatic rings. The molecule has 3 N–H and O–H groups in total. The number of carbonyl (C=O) groups is 1. The molecule has 12 heteroatoms. The van der Waals surface area contributed by atoms with Crippen LogP contribution in [0.15, 0.2) is 33.2 Å². The fourth-order valence-corrected chi connectivity index (χ4v) is 4.52. The normalized spacial score (nSPS) is 11.4. The van der Waals surface area contributed by atoms with Gasteiger partial charge in [0.1, 0.15) is 5.75 Å². The van der Waals surface area contributed by atoms with Gasteiger partial charge in [0.25, 0.3) is 17.1 Å². The van der Waals surface area contributed by atoms with Crippen LogP contribution in [0.5, 0.6) is 5.75 Å². The molecule has 0 bridgehead atoms. The number of aromatic nitrogens is 4. The SMILES string of the molecule is Cn1c(=O)c2c([nH]c[n+]2CC(=O)NN=Cc2cc(I)cc(I)c2O)n(C)c1=O. The number of phenols is 1. The topological polar surface area (TPSA) is 125 Å². The first-order chi connectivity index (χ1) is 13.2. The number of amides is 1. The van der Waals surface area contributed by atoms with Crippen LogP contribution in [0, 0.1) is 7.14 Å². The molecule has 10 nitrogen and oxygen atoms in total. The number of aromatic amines is 1. The van der Waals surface area contributed by atoms with Crippen molar-refractivity contribution in [3.63, 3.8) is 0 Å². The molecule has 0 unspecified atom stereocenters. The summed E-state index contributed by atoms with van der Waals surface area (Å²) in [4.78, 5) is 39.4. The van der Waals surface area contributed by atoms with Crippen molar-refractivity contribution in [2.45, 2.75) is 6.54 Å². The molecule has 3 rings (SSSR count). The number of hydrogen-bond acceptors (Lipinski definition) is 5. The average molecular weight is 609 g/mol. The zero-order valence-electron chi connectivity index (χ0n) is 14.7. The molecular formula is C16H15I2N6O4+. The number of H-pyrrole nitrogens is 1. The van der Waals surface area contributed by atoms with E-state index in [0.717, 1.165) is 8.14 Å². The second-order valence-corrected chi connectivity index (χ2v) is 8.33. The molecule has 1 amide bonds. The lowest BCUT2D eigenvalue weighted by Gasteiger charge is -2.03. The van der Waals surface area contributed by atoms with Crippen molar-refractivity contribution in [3.05, 3.63) is 52.0 Å². The molecule has 0 aliphatic heterocycles. The molecule has 146 valence electrons. The Balaban J connectivity index is 1.81. The highest BCUT2D eigenvalue weighted by molar-refractivity contribution is 14.1. The Morgan fingerprint density at radius 3 is 2.75 bits per heavy atom. The summed E-state index contributed by atoms with van der Waals surface area (Å²) in [6.45, 7) is -0.180. The third-order valence-corrected chi connectivity index (χ3v) is 5.49. The van der Waals surface area contributed by atoms with Crippen LogP contribution in [0.3, 0.4) is 0 Å². The zero-order chi connectivity index (χ0) is 20.6. The summed E-state index contributed by atoms with van der Waals surface area (Å²) in [6, 6.07) is 3.54. The number of hydrogen-bond donors (Lipinski definition) is 3. The summed E-state index contributed by atoms with van der Waals surface area (Å²) in [7, 11) is 2.91. The van der Waals surface area contributed by atoms with Gasteiger partial charge in [-0.1, -0.05) is 0 Å². The van der Waals surface area contributed by atoms with Crippen LogP contribution in [0.25, 0.3) is 11.2 Å². The molecule has 0 aliphatic rings. The lowest BCUT2D eigenvalue weighted by molar-refractivity contribution is -0.659. The maximum absolute atomic E-state index is 12.4. The van der Waals surface area contributed by atoms with E-state index in [9.17, 15) is 19.5 Å². The van der Waals surface area contributed by atoms with Crippen molar-refractivity contribution in [2.75, 3.05) is 0 Å². The van der Waals surface area contributed by atoms with Crippen molar-refractivity contribution < 1.29 is 14.5 Å². The van der Waals surface area contributed by atoms with E-state index >= 15 is 0 Å². The van der Waals surface area contributed by atoms with Gasteiger partial charge in [0.2, 0.25) is 6.33 Å². The zero-order valence-corrected chi connectivity index (χ0v) is 19.0. The summed E-state index contributed by atoms with van der Waals surface area (Å²) in [6.07, 6.45) is 2.79. The van der Waals surface area contributed by atoms with E-state index < -0.39 is 17.2 Å². The molecule has 0 saturated carbocycles. The number of phenolic OH excluding ortho intramolecular Hbond substituents is 1. The summed E-state index contributed by atoms with van der Waals surface area (Å²) in [5.74, 6) is -0.396. The first-order valence-electron chi connectivity index (χ1n) is 7.87. The predicted molar refractivity (Wildman–Crippen MR) is 118 cm³/mol. The van der Waals surface area contributed by atoms with Gasteiger partial charge in [-0.15, -0.1) is 0 Å². The Labute approximate surface area is 185 Å². The van der Waals surface area contributed by atoms with Gasteiger partial charge in [-0.25, -0.2) is 19.8 Å². The van der Waals surface area contributed by atoms with Gasteiger partial charge in [-0.3, -0.25) is 18.7 Å². The highest BCUT2D eigenvalue weighted by atomic mass is 127. The highest BCUT2D eigenvalue weighted by Crippen LogP contribution is 2.25. The maximum atomic E-state index is 12.4. The third-order valence-electron chi connectivity index (χ3n) is 4.05. The van der Waals surface area contributed by atoms with Gasteiger partial charge < -0.3 is 5.11 Å². The van der Waals surface area contributed by atoms with E-state index in [-0.39, 0.29) is 17.8 Å². The monoisotopic (exact) mass is 609 g/mol. The molecule has 0 atom stereocenters. The summed E-state index contributed by atoms with van der Waals surface area (Å²) in [5.41, 5.74) is 2.39. The molecule has 0 saturated heterocycles. The van der Waals surface area contributed by atoms with Crippen molar-refractivity contribution in [3.8, 4) is 5.75 Å². The molecule has 0 fully saturated rings. The van der Waals surface area contributed by atoms with Gasteiger partial charge >= 0.3 is 11.2 Å². The van der Waals surface area contributed by atoms with Crippen LogP contribution < -0.4 is 21.2 Å². The molecule has 2 heterocycles. The molecule has 0 radical (unpaired) electrons. The third kappa shape index (κ3) is 3.82. The van der Waals surface area contributed by atoms with Crippen LogP contribution in [-0.4, -0.2) is 31.3 Å². The van der Waals surface area contributed by atoms with Crippen molar-refractivity contribution in [1.82, 2.24) is 19.5 Å². The van der Waals surface area contributed by atoms with Crippen molar-refractivity contribution in [1.29, 1.82) is 0 Å². The average Bonchev–Trinajstić information content (AvgIpc) is 3.05. The van der Waals surface area contributed by atoms with Gasteiger partial charge in [-0.2, -0.15) is 5.10 Å². The Morgan fingerprint density at radius 1 is 1.32 bits per heavy atom. The first-order valence-corrected chi connectivity index (χ1v) is 10.0. The van der Waals surface area contributed by atoms with Gasteiger partial charge in [0, 0.05) is 23.2 Å². The number of aromatic hydroxyl groups is 1. The number of aryl methyl sites for hydroxylation is 1. The lowest BCUT2D eigenvalue weighted by Crippen LogP contribution is -2.46.